The largest absolute Gasteiger partial charge is 0.362 e. The van der Waals surface area contributed by atoms with Gasteiger partial charge in [-0.2, -0.15) is 15.1 Å². The van der Waals surface area contributed by atoms with Crippen LogP contribution in [0.15, 0.2) is 30.7 Å². The Morgan fingerprint density at radius 2 is 1.85 bits per heavy atom. The van der Waals surface area contributed by atoms with E-state index in [1.165, 1.54) is 31.2 Å². The van der Waals surface area contributed by atoms with Crippen molar-refractivity contribution in [2.45, 2.75) is 71.0 Å². The Balaban J connectivity index is 0.00000117. The molecule has 2 atom stereocenters. The van der Waals surface area contributed by atoms with Crippen molar-refractivity contribution in [3.63, 3.8) is 0 Å². The van der Waals surface area contributed by atoms with E-state index in [-0.39, 0.29) is 0 Å². The number of aromatic amines is 2. The van der Waals surface area contributed by atoms with E-state index < -0.39 is 0 Å². The van der Waals surface area contributed by atoms with Crippen LogP contribution in [0, 0.1) is 6.92 Å². The maximum Gasteiger partial charge on any atom is 0.228 e. The van der Waals surface area contributed by atoms with Crippen LogP contribution in [0.25, 0.3) is 11.0 Å². The summed E-state index contributed by atoms with van der Waals surface area (Å²) in [5, 5.41) is 14.5. The summed E-state index contributed by atoms with van der Waals surface area (Å²) in [5.74, 6) is 2.98. The second kappa shape index (κ2) is 9.97. The number of anilines is 2. The lowest BCUT2D eigenvalue weighted by molar-refractivity contribution is 0.461. The number of hydrogen-bond donors (Lipinski definition) is 4. The Hall–Kier alpha value is -3.20. The van der Waals surface area contributed by atoms with Gasteiger partial charge in [-0.3, -0.25) is 5.10 Å². The number of aromatic nitrogens is 6. The predicted octanol–water partition coefficient (Wildman–Crippen LogP) is 3.97. The maximum atomic E-state index is 5.05. The second-order valence-corrected chi connectivity index (χ2v) is 9.24. The van der Waals surface area contributed by atoms with Crippen LogP contribution in [0.1, 0.15) is 62.4 Å². The molecule has 2 bridgehead atoms. The smallest absolute Gasteiger partial charge is 0.228 e. The summed E-state index contributed by atoms with van der Waals surface area (Å²) < 4.78 is 0. The third-order valence-electron chi connectivity index (χ3n) is 6.64. The minimum absolute atomic E-state index is 0.501. The van der Waals surface area contributed by atoms with Crippen molar-refractivity contribution in [1.29, 1.82) is 0 Å². The zero-order valence-electron chi connectivity index (χ0n) is 20.3. The minimum atomic E-state index is 0.501. The molecule has 0 radical (unpaired) electrons. The number of H-pyrrole nitrogens is 2. The fourth-order valence-corrected chi connectivity index (χ4v) is 4.87. The highest BCUT2D eigenvalue weighted by atomic mass is 15.3. The number of nitrogens with zero attached hydrogens (tertiary/aromatic N) is 5. The van der Waals surface area contributed by atoms with Gasteiger partial charge in [0, 0.05) is 36.9 Å². The number of hydrogen-bond acceptors (Lipinski definition) is 7. The van der Waals surface area contributed by atoms with Gasteiger partial charge in [0.2, 0.25) is 5.95 Å². The molecule has 2 unspecified atom stereocenters. The fourth-order valence-electron chi connectivity index (χ4n) is 4.87. The quantitative estimate of drug-likeness (QED) is 0.455. The summed E-state index contributed by atoms with van der Waals surface area (Å²) in [4.78, 5) is 20.1. The molecule has 180 valence electrons. The Morgan fingerprint density at radius 1 is 1.06 bits per heavy atom. The van der Waals surface area contributed by atoms with Crippen molar-refractivity contribution in [1.82, 2.24) is 35.5 Å². The van der Waals surface area contributed by atoms with Gasteiger partial charge in [0.15, 0.2) is 0 Å². The lowest BCUT2D eigenvalue weighted by Crippen LogP contribution is -2.51. The van der Waals surface area contributed by atoms with E-state index in [9.17, 15) is 0 Å². The van der Waals surface area contributed by atoms with E-state index in [1.54, 1.807) is 6.33 Å². The molecule has 1 aliphatic carbocycles. The SMILES string of the molecule is CC.Cc1ccc2nc(CNc3nc(N4CC5CCC(C4)N5)ncn[nH]cc3C3CC3)[nH]c2c1. The number of fused-ring (bicyclic) bond motifs is 3. The molecule has 3 fully saturated rings. The third kappa shape index (κ3) is 4.99. The highest BCUT2D eigenvalue weighted by molar-refractivity contribution is 5.75. The highest BCUT2D eigenvalue weighted by Gasteiger charge is 2.33. The van der Waals surface area contributed by atoms with Gasteiger partial charge in [-0.15, -0.1) is 0 Å². The average Bonchev–Trinajstić information content (AvgIpc) is 3.50. The van der Waals surface area contributed by atoms with Gasteiger partial charge in [0.05, 0.1) is 17.6 Å². The average molecular weight is 462 g/mol. The van der Waals surface area contributed by atoms with Crippen molar-refractivity contribution in [2.24, 2.45) is 0 Å². The van der Waals surface area contributed by atoms with Crippen molar-refractivity contribution < 1.29 is 0 Å². The Kier molecular flexibility index (Phi) is 6.62. The van der Waals surface area contributed by atoms with Gasteiger partial charge in [-0.1, -0.05) is 19.9 Å². The van der Waals surface area contributed by atoms with Crippen LogP contribution in [0.2, 0.25) is 0 Å². The standard InChI is InChI=1S/C23H29N9.C2H6/c1-14-2-7-19-20(8-14)30-21(29-19)10-24-22-18(15-3-4-15)9-26-27-13-25-23(31-22)32-11-16-5-6-17(12-32)28-16;1-2/h2,7-9,13,15-17,26,28H,3-6,10-12H2,1H3,(H,29,30)(H,24,25,27,31);1-2H3. The first kappa shape index (κ1) is 22.6. The molecule has 3 aliphatic rings. The number of aryl methyl sites for hydroxylation is 1. The molecule has 2 saturated heterocycles. The normalized spacial score (nSPS) is 21.1. The van der Waals surface area contributed by atoms with E-state index in [1.807, 2.05) is 20.0 Å². The Bertz CT molecular complexity index is 1170. The summed E-state index contributed by atoms with van der Waals surface area (Å²) in [6.45, 7) is 8.52. The first-order valence-corrected chi connectivity index (χ1v) is 12.6. The summed E-state index contributed by atoms with van der Waals surface area (Å²) in [5.41, 5.74) is 4.42. The molecular weight excluding hydrogens is 426 g/mol. The third-order valence-corrected chi connectivity index (χ3v) is 6.64. The topological polar surface area (TPSA) is 110 Å². The van der Waals surface area contributed by atoms with Gasteiger partial charge in [0.25, 0.3) is 0 Å². The van der Waals surface area contributed by atoms with Crippen molar-refractivity contribution >= 4 is 22.8 Å². The fraction of sp³-hybridized carbons (Fsp3) is 0.520. The van der Waals surface area contributed by atoms with Crippen molar-refractivity contribution in [3.8, 4) is 0 Å². The summed E-state index contributed by atoms with van der Waals surface area (Å²) >= 11 is 0. The molecule has 0 spiro atoms. The molecule has 6 rings (SSSR count). The zero-order valence-corrected chi connectivity index (χ0v) is 20.3. The summed E-state index contributed by atoms with van der Waals surface area (Å²) in [7, 11) is 0. The maximum absolute atomic E-state index is 5.05. The van der Waals surface area contributed by atoms with Crippen molar-refractivity contribution in [2.75, 3.05) is 23.3 Å². The molecule has 1 aromatic carbocycles. The number of piperazine rings is 1. The van der Waals surface area contributed by atoms with Crippen LogP contribution in [0.5, 0.6) is 0 Å². The molecule has 9 heteroatoms. The van der Waals surface area contributed by atoms with Crippen LogP contribution in [-0.4, -0.2) is 55.3 Å². The number of benzene rings is 1. The molecule has 3 aromatic rings. The minimum Gasteiger partial charge on any atom is -0.362 e. The number of imidazole rings is 1. The molecule has 9 nitrogen and oxygen atoms in total. The number of nitrogens with one attached hydrogen (secondary N) is 4. The van der Waals surface area contributed by atoms with Crippen LogP contribution >= 0.6 is 0 Å². The van der Waals surface area contributed by atoms with Crippen LogP contribution in [-0.2, 0) is 6.54 Å². The second-order valence-electron chi connectivity index (χ2n) is 9.24. The molecule has 2 aromatic heterocycles. The Labute approximate surface area is 200 Å². The first-order chi connectivity index (χ1) is 16.7. The molecule has 4 heterocycles. The first-order valence-electron chi connectivity index (χ1n) is 12.6. The molecule has 4 N–H and O–H groups in total. The van der Waals surface area contributed by atoms with Crippen LogP contribution in [0.3, 0.4) is 0 Å². The van der Waals surface area contributed by atoms with E-state index in [0.717, 1.165) is 47.3 Å². The van der Waals surface area contributed by atoms with Gasteiger partial charge in [0.1, 0.15) is 18.0 Å². The zero-order chi connectivity index (χ0) is 23.5. The highest BCUT2D eigenvalue weighted by Crippen LogP contribution is 2.42. The molecular formula is C25H35N9. The van der Waals surface area contributed by atoms with E-state index in [2.05, 4.69) is 60.8 Å². The van der Waals surface area contributed by atoms with Crippen molar-refractivity contribution in [3.05, 3.63) is 47.7 Å². The van der Waals surface area contributed by atoms with Gasteiger partial charge >= 0.3 is 0 Å². The van der Waals surface area contributed by atoms with Crippen LogP contribution in [0.4, 0.5) is 11.8 Å². The van der Waals surface area contributed by atoms with E-state index >= 15 is 0 Å². The molecule has 34 heavy (non-hydrogen) atoms. The monoisotopic (exact) mass is 461 g/mol. The predicted molar refractivity (Wildman–Crippen MR) is 135 cm³/mol. The lowest BCUT2D eigenvalue weighted by Gasteiger charge is -2.32. The summed E-state index contributed by atoms with van der Waals surface area (Å²) in [6, 6.07) is 7.31. The summed E-state index contributed by atoms with van der Waals surface area (Å²) in [6.07, 6.45) is 8.31. The molecule has 1 saturated carbocycles. The van der Waals surface area contributed by atoms with Gasteiger partial charge in [-0.25, -0.2) is 4.98 Å². The molecule has 0 amide bonds. The van der Waals surface area contributed by atoms with E-state index in [0.29, 0.717) is 24.5 Å². The number of rotatable bonds is 5. The lowest BCUT2D eigenvalue weighted by atomic mass is 10.2. The van der Waals surface area contributed by atoms with Gasteiger partial charge in [-0.05, 0) is 56.2 Å². The van der Waals surface area contributed by atoms with Gasteiger partial charge < -0.3 is 20.5 Å². The van der Waals surface area contributed by atoms with E-state index in [4.69, 9.17) is 9.97 Å². The molecule has 2 aliphatic heterocycles. The Morgan fingerprint density at radius 3 is 2.62 bits per heavy atom. The van der Waals surface area contributed by atoms with Crippen LogP contribution < -0.4 is 15.5 Å².